The summed E-state index contributed by atoms with van der Waals surface area (Å²) < 4.78 is 5.65. The van der Waals surface area contributed by atoms with Gasteiger partial charge in [0.2, 0.25) is 0 Å². The topological polar surface area (TPSA) is 21.3 Å². The Morgan fingerprint density at radius 3 is 3.00 bits per heavy atom. The zero-order valence-electron chi connectivity index (χ0n) is 9.45. The predicted octanol–water partition coefficient (Wildman–Crippen LogP) is 2.54. The highest BCUT2D eigenvalue weighted by atomic mass is 32.2. The van der Waals surface area contributed by atoms with Gasteiger partial charge in [-0.05, 0) is 30.5 Å². The fourth-order valence-electron chi connectivity index (χ4n) is 1.31. The van der Waals surface area contributed by atoms with E-state index in [1.165, 1.54) is 5.56 Å². The average Bonchev–Trinajstić information content (AvgIpc) is 2.26. The number of hydrogen-bond donors (Lipinski definition) is 1. The van der Waals surface area contributed by atoms with Gasteiger partial charge in [-0.2, -0.15) is 11.8 Å². The lowest BCUT2D eigenvalue weighted by Crippen LogP contribution is -2.05. The quantitative estimate of drug-likeness (QED) is 0.721. The van der Waals surface area contributed by atoms with Crippen LogP contribution < -0.4 is 10.1 Å². The molecule has 0 saturated heterocycles. The molecule has 2 nitrogen and oxygen atoms in total. The van der Waals surface area contributed by atoms with Crippen molar-refractivity contribution >= 4 is 11.8 Å². The molecule has 0 aliphatic carbocycles. The Labute approximate surface area is 96.4 Å². The van der Waals surface area contributed by atoms with Crippen LogP contribution in [0.2, 0.25) is 0 Å². The van der Waals surface area contributed by atoms with Gasteiger partial charge in [0, 0.05) is 12.3 Å². The number of benzene rings is 1. The van der Waals surface area contributed by atoms with Crippen LogP contribution in [0.4, 0.5) is 0 Å². The van der Waals surface area contributed by atoms with Crippen molar-refractivity contribution in [2.75, 3.05) is 25.2 Å². The van der Waals surface area contributed by atoms with Gasteiger partial charge < -0.3 is 10.1 Å². The molecule has 3 heteroatoms. The number of thioether (sulfide) groups is 1. The summed E-state index contributed by atoms with van der Waals surface area (Å²) in [5.74, 6) is 3.19. The highest BCUT2D eigenvalue weighted by molar-refractivity contribution is 7.99. The second-order valence-corrected chi connectivity index (χ2v) is 4.62. The molecule has 0 saturated carbocycles. The monoisotopic (exact) mass is 225 g/mol. The first-order chi connectivity index (χ1) is 7.36. The van der Waals surface area contributed by atoms with Crippen LogP contribution in [-0.2, 0) is 6.54 Å². The van der Waals surface area contributed by atoms with Crippen molar-refractivity contribution < 1.29 is 4.74 Å². The Morgan fingerprint density at radius 2 is 2.27 bits per heavy atom. The number of rotatable bonds is 7. The van der Waals surface area contributed by atoms with E-state index in [4.69, 9.17) is 4.74 Å². The molecule has 0 fully saturated rings. The van der Waals surface area contributed by atoms with E-state index < -0.39 is 0 Å². The maximum atomic E-state index is 5.65. The molecule has 84 valence electrons. The van der Waals surface area contributed by atoms with Gasteiger partial charge in [0.1, 0.15) is 5.75 Å². The minimum absolute atomic E-state index is 0.793. The van der Waals surface area contributed by atoms with E-state index in [1.54, 1.807) is 0 Å². The number of nitrogens with one attached hydrogen (secondary N) is 1. The normalized spacial score (nSPS) is 10.3. The van der Waals surface area contributed by atoms with E-state index in [0.717, 1.165) is 30.4 Å². The summed E-state index contributed by atoms with van der Waals surface area (Å²) in [7, 11) is 1.95. The Balaban J connectivity index is 2.36. The Bertz CT molecular complexity index is 278. The second kappa shape index (κ2) is 7.60. The van der Waals surface area contributed by atoms with Crippen LogP contribution in [0.15, 0.2) is 24.3 Å². The average molecular weight is 225 g/mol. The van der Waals surface area contributed by atoms with E-state index in [-0.39, 0.29) is 0 Å². The Hall–Kier alpha value is -0.670. The lowest BCUT2D eigenvalue weighted by atomic mass is 10.2. The van der Waals surface area contributed by atoms with Crippen LogP contribution in [0.5, 0.6) is 5.75 Å². The summed E-state index contributed by atoms with van der Waals surface area (Å²) in [6.07, 6.45) is 0. The lowest BCUT2D eigenvalue weighted by Gasteiger charge is -2.07. The van der Waals surface area contributed by atoms with Gasteiger partial charge in [-0.3, -0.25) is 0 Å². The van der Waals surface area contributed by atoms with Crippen molar-refractivity contribution in [3.63, 3.8) is 0 Å². The summed E-state index contributed by atoms with van der Waals surface area (Å²) in [4.78, 5) is 0. The molecule has 0 bridgehead atoms. The molecule has 0 unspecified atom stereocenters. The molecule has 0 heterocycles. The van der Waals surface area contributed by atoms with E-state index in [1.807, 2.05) is 30.9 Å². The summed E-state index contributed by atoms with van der Waals surface area (Å²) in [5, 5.41) is 3.13. The molecule has 0 atom stereocenters. The van der Waals surface area contributed by atoms with Crippen molar-refractivity contribution in [1.29, 1.82) is 0 Å². The largest absolute Gasteiger partial charge is 0.493 e. The van der Waals surface area contributed by atoms with Crippen molar-refractivity contribution in [3.8, 4) is 5.75 Å². The van der Waals surface area contributed by atoms with E-state index in [2.05, 4.69) is 24.4 Å². The first kappa shape index (κ1) is 12.4. The van der Waals surface area contributed by atoms with Crippen LogP contribution in [0.1, 0.15) is 12.5 Å². The molecule has 1 aromatic carbocycles. The minimum atomic E-state index is 0.793. The summed E-state index contributed by atoms with van der Waals surface area (Å²) in [6.45, 7) is 3.85. The molecule has 1 aromatic rings. The molecule has 15 heavy (non-hydrogen) atoms. The molecule has 0 aromatic heterocycles. The minimum Gasteiger partial charge on any atom is -0.493 e. The smallest absolute Gasteiger partial charge is 0.119 e. The molecular formula is C12H19NOS. The third kappa shape index (κ3) is 5.09. The maximum Gasteiger partial charge on any atom is 0.119 e. The molecule has 1 N–H and O–H groups in total. The van der Waals surface area contributed by atoms with Crippen LogP contribution in [-0.4, -0.2) is 25.2 Å². The maximum absolute atomic E-state index is 5.65. The van der Waals surface area contributed by atoms with Gasteiger partial charge in [-0.15, -0.1) is 0 Å². The standard InChI is InChI=1S/C12H19NOS/c1-3-15-8-7-14-12-6-4-5-11(9-12)10-13-2/h4-6,9,13H,3,7-8,10H2,1-2H3. The second-order valence-electron chi connectivity index (χ2n) is 3.22. The molecule has 0 aliphatic rings. The van der Waals surface area contributed by atoms with Crippen LogP contribution in [0.25, 0.3) is 0 Å². The predicted molar refractivity (Wildman–Crippen MR) is 67.7 cm³/mol. The third-order valence-corrected chi connectivity index (χ3v) is 2.84. The Kier molecular flexibility index (Phi) is 6.28. The van der Waals surface area contributed by atoms with Crippen LogP contribution >= 0.6 is 11.8 Å². The fraction of sp³-hybridized carbons (Fsp3) is 0.500. The molecule has 0 amide bonds. The van der Waals surface area contributed by atoms with Crippen molar-refractivity contribution in [2.45, 2.75) is 13.5 Å². The zero-order valence-corrected chi connectivity index (χ0v) is 10.3. The Morgan fingerprint density at radius 1 is 1.40 bits per heavy atom. The number of hydrogen-bond acceptors (Lipinski definition) is 3. The van der Waals surface area contributed by atoms with Gasteiger partial charge in [-0.1, -0.05) is 19.1 Å². The summed E-state index contributed by atoms with van der Waals surface area (Å²) >= 11 is 1.90. The van der Waals surface area contributed by atoms with E-state index in [9.17, 15) is 0 Å². The first-order valence-electron chi connectivity index (χ1n) is 5.31. The summed E-state index contributed by atoms with van der Waals surface area (Å²) in [5.41, 5.74) is 1.26. The molecule has 0 aliphatic heterocycles. The number of ether oxygens (including phenoxy) is 1. The molecule has 0 radical (unpaired) electrons. The molecule has 1 rings (SSSR count). The highest BCUT2D eigenvalue weighted by Gasteiger charge is 1.95. The SMILES string of the molecule is CCSCCOc1cccc(CNC)c1. The molecular weight excluding hydrogens is 206 g/mol. The van der Waals surface area contributed by atoms with Crippen molar-refractivity contribution in [1.82, 2.24) is 5.32 Å². The van der Waals surface area contributed by atoms with Crippen molar-refractivity contribution in [3.05, 3.63) is 29.8 Å². The van der Waals surface area contributed by atoms with Gasteiger partial charge in [-0.25, -0.2) is 0 Å². The van der Waals surface area contributed by atoms with Gasteiger partial charge in [0.05, 0.1) is 6.61 Å². The van der Waals surface area contributed by atoms with Gasteiger partial charge in [0.25, 0.3) is 0 Å². The zero-order chi connectivity index (χ0) is 10.9. The highest BCUT2D eigenvalue weighted by Crippen LogP contribution is 2.13. The molecule has 0 spiro atoms. The summed E-state index contributed by atoms with van der Waals surface area (Å²) in [6, 6.07) is 8.24. The fourth-order valence-corrected chi connectivity index (χ4v) is 1.80. The van der Waals surface area contributed by atoms with E-state index >= 15 is 0 Å². The third-order valence-electron chi connectivity index (χ3n) is 1.98. The van der Waals surface area contributed by atoms with Crippen molar-refractivity contribution in [2.24, 2.45) is 0 Å². The van der Waals surface area contributed by atoms with Gasteiger partial charge >= 0.3 is 0 Å². The lowest BCUT2D eigenvalue weighted by molar-refractivity contribution is 0.343. The van der Waals surface area contributed by atoms with Gasteiger partial charge in [0.15, 0.2) is 0 Å². The van der Waals surface area contributed by atoms with Crippen LogP contribution in [0, 0.1) is 0 Å². The first-order valence-corrected chi connectivity index (χ1v) is 6.46. The van der Waals surface area contributed by atoms with Crippen LogP contribution in [0.3, 0.4) is 0 Å². The van der Waals surface area contributed by atoms with E-state index in [0.29, 0.717) is 0 Å².